The Hall–Kier alpha value is -1.97. The number of aryl methyl sites for hydroxylation is 1. The SMILES string of the molecule is Cc1ccc(S(=O)(=O)N2CCN(C(=O)CCC(=O)NCCN)CC2)cc1. The summed E-state index contributed by atoms with van der Waals surface area (Å²) >= 11 is 0. The molecule has 1 saturated heterocycles. The Bertz CT molecular complexity index is 726. The minimum absolute atomic E-state index is 0.112. The fourth-order valence-electron chi connectivity index (χ4n) is 2.72. The Morgan fingerprint density at radius 1 is 1.08 bits per heavy atom. The molecule has 2 rings (SSSR count). The lowest BCUT2D eigenvalue weighted by atomic mass is 10.2. The maximum atomic E-state index is 12.6. The van der Waals surface area contributed by atoms with Crippen molar-refractivity contribution in [1.29, 1.82) is 0 Å². The molecule has 2 amide bonds. The maximum absolute atomic E-state index is 12.6. The van der Waals surface area contributed by atoms with Gasteiger partial charge in [-0.1, -0.05) is 17.7 Å². The van der Waals surface area contributed by atoms with Gasteiger partial charge in [-0.3, -0.25) is 9.59 Å². The molecule has 0 bridgehead atoms. The van der Waals surface area contributed by atoms with Crippen LogP contribution in [0.2, 0.25) is 0 Å². The van der Waals surface area contributed by atoms with E-state index < -0.39 is 10.0 Å². The fraction of sp³-hybridized carbons (Fsp3) is 0.529. The largest absolute Gasteiger partial charge is 0.355 e. The van der Waals surface area contributed by atoms with E-state index in [1.807, 2.05) is 6.92 Å². The molecule has 0 aliphatic carbocycles. The summed E-state index contributed by atoms with van der Waals surface area (Å²) in [5, 5.41) is 2.62. The molecule has 1 aromatic rings. The second kappa shape index (κ2) is 9.11. The molecule has 1 aliphatic heterocycles. The van der Waals surface area contributed by atoms with Crippen LogP contribution in [0.3, 0.4) is 0 Å². The third-order valence-corrected chi connectivity index (χ3v) is 6.20. The molecule has 0 radical (unpaired) electrons. The lowest BCUT2D eigenvalue weighted by Crippen LogP contribution is -2.50. The van der Waals surface area contributed by atoms with Crippen molar-refractivity contribution in [2.75, 3.05) is 39.3 Å². The van der Waals surface area contributed by atoms with Gasteiger partial charge < -0.3 is 16.0 Å². The lowest BCUT2D eigenvalue weighted by molar-refractivity contribution is -0.134. The molecule has 0 unspecified atom stereocenters. The minimum atomic E-state index is -3.54. The molecule has 0 aromatic heterocycles. The molecule has 0 saturated carbocycles. The van der Waals surface area contributed by atoms with Crippen LogP contribution >= 0.6 is 0 Å². The number of nitrogens with zero attached hydrogens (tertiary/aromatic N) is 2. The molecule has 3 N–H and O–H groups in total. The van der Waals surface area contributed by atoms with Crippen molar-refractivity contribution in [2.24, 2.45) is 5.73 Å². The number of benzene rings is 1. The quantitative estimate of drug-likeness (QED) is 0.671. The Labute approximate surface area is 154 Å². The number of amides is 2. The van der Waals surface area contributed by atoms with Gasteiger partial charge in [0.15, 0.2) is 0 Å². The number of nitrogens with two attached hydrogens (primary N) is 1. The molecule has 8 nitrogen and oxygen atoms in total. The average Bonchev–Trinajstić information content (AvgIpc) is 2.64. The molecule has 0 spiro atoms. The van der Waals surface area contributed by atoms with Crippen LogP contribution in [0.25, 0.3) is 0 Å². The van der Waals surface area contributed by atoms with Gasteiger partial charge in [0.1, 0.15) is 0 Å². The molecular weight excluding hydrogens is 356 g/mol. The van der Waals surface area contributed by atoms with Crippen molar-refractivity contribution >= 4 is 21.8 Å². The first-order valence-corrected chi connectivity index (χ1v) is 10.1. The van der Waals surface area contributed by atoms with E-state index in [1.165, 1.54) is 4.31 Å². The van der Waals surface area contributed by atoms with Gasteiger partial charge >= 0.3 is 0 Å². The smallest absolute Gasteiger partial charge is 0.243 e. The van der Waals surface area contributed by atoms with E-state index in [0.29, 0.717) is 26.2 Å². The second-order valence-corrected chi connectivity index (χ2v) is 8.17. The highest BCUT2D eigenvalue weighted by Gasteiger charge is 2.30. The first-order valence-electron chi connectivity index (χ1n) is 8.66. The van der Waals surface area contributed by atoms with Gasteiger partial charge in [-0.05, 0) is 19.1 Å². The zero-order valence-electron chi connectivity index (χ0n) is 15.0. The Kier molecular flexibility index (Phi) is 7.13. The normalized spacial score (nSPS) is 15.7. The zero-order chi connectivity index (χ0) is 19.2. The van der Waals surface area contributed by atoms with Crippen molar-refractivity contribution < 1.29 is 18.0 Å². The number of carbonyl (C=O) groups is 2. The van der Waals surface area contributed by atoms with E-state index in [4.69, 9.17) is 5.73 Å². The van der Waals surface area contributed by atoms with Gasteiger partial charge in [0, 0.05) is 52.1 Å². The third kappa shape index (κ3) is 5.26. The first kappa shape index (κ1) is 20.3. The van der Waals surface area contributed by atoms with Crippen molar-refractivity contribution in [3.05, 3.63) is 29.8 Å². The Morgan fingerprint density at radius 3 is 2.27 bits per heavy atom. The number of carbonyl (C=O) groups excluding carboxylic acids is 2. The van der Waals surface area contributed by atoms with Crippen LogP contribution in [0.4, 0.5) is 0 Å². The minimum Gasteiger partial charge on any atom is -0.355 e. The van der Waals surface area contributed by atoms with Crippen LogP contribution in [0.15, 0.2) is 29.2 Å². The molecule has 0 atom stereocenters. The average molecular weight is 382 g/mol. The molecule has 144 valence electrons. The number of hydrogen-bond donors (Lipinski definition) is 2. The summed E-state index contributed by atoms with van der Waals surface area (Å²) in [5.41, 5.74) is 6.30. The van der Waals surface area contributed by atoms with Crippen LogP contribution in [0.5, 0.6) is 0 Å². The summed E-state index contributed by atoms with van der Waals surface area (Å²) in [5.74, 6) is -0.343. The van der Waals surface area contributed by atoms with E-state index >= 15 is 0 Å². The predicted molar refractivity (Wildman–Crippen MR) is 97.8 cm³/mol. The topological polar surface area (TPSA) is 113 Å². The summed E-state index contributed by atoms with van der Waals surface area (Å²) in [6.45, 7) is 3.81. The van der Waals surface area contributed by atoms with Crippen molar-refractivity contribution in [1.82, 2.24) is 14.5 Å². The highest BCUT2D eigenvalue weighted by atomic mass is 32.2. The van der Waals surface area contributed by atoms with Gasteiger partial charge in [0.2, 0.25) is 21.8 Å². The van der Waals surface area contributed by atoms with Crippen molar-refractivity contribution in [3.8, 4) is 0 Å². The van der Waals surface area contributed by atoms with Crippen LogP contribution < -0.4 is 11.1 Å². The summed E-state index contributed by atoms with van der Waals surface area (Å²) in [4.78, 5) is 25.6. The van der Waals surface area contributed by atoms with Gasteiger partial charge in [-0.2, -0.15) is 4.31 Å². The van der Waals surface area contributed by atoms with Crippen LogP contribution in [-0.2, 0) is 19.6 Å². The predicted octanol–water partition coefficient (Wildman–Crippen LogP) is -0.317. The van der Waals surface area contributed by atoms with Gasteiger partial charge in [-0.25, -0.2) is 8.42 Å². The van der Waals surface area contributed by atoms with Crippen molar-refractivity contribution in [3.63, 3.8) is 0 Å². The summed E-state index contributed by atoms with van der Waals surface area (Å²) in [6, 6.07) is 6.73. The molecule has 26 heavy (non-hydrogen) atoms. The van der Waals surface area contributed by atoms with Crippen LogP contribution in [0, 0.1) is 6.92 Å². The molecule has 1 fully saturated rings. The Morgan fingerprint density at radius 2 is 1.69 bits per heavy atom. The molecule has 9 heteroatoms. The highest BCUT2D eigenvalue weighted by Crippen LogP contribution is 2.18. The maximum Gasteiger partial charge on any atom is 0.243 e. The summed E-state index contributed by atoms with van der Waals surface area (Å²) in [7, 11) is -3.54. The number of nitrogens with one attached hydrogen (secondary N) is 1. The van der Waals surface area contributed by atoms with Gasteiger partial charge in [-0.15, -0.1) is 0 Å². The molecular formula is C17H26N4O4S. The number of hydrogen-bond acceptors (Lipinski definition) is 5. The van der Waals surface area contributed by atoms with Gasteiger partial charge in [0.05, 0.1) is 4.90 Å². The van der Waals surface area contributed by atoms with E-state index in [2.05, 4.69) is 5.32 Å². The zero-order valence-corrected chi connectivity index (χ0v) is 15.8. The van der Waals surface area contributed by atoms with Gasteiger partial charge in [0.25, 0.3) is 0 Å². The number of sulfonamides is 1. The third-order valence-electron chi connectivity index (χ3n) is 4.28. The first-order chi connectivity index (χ1) is 12.3. The Balaban J connectivity index is 1.85. The fourth-order valence-corrected chi connectivity index (χ4v) is 4.14. The standard InChI is InChI=1S/C17H26N4O4S/c1-14-2-4-15(5-3-14)26(24,25)21-12-10-20(11-13-21)17(23)7-6-16(22)19-9-8-18/h2-5H,6-13,18H2,1H3,(H,19,22). The van der Waals surface area contributed by atoms with Crippen LogP contribution in [-0.4, -0.2) is 68.7 Å². The molecule has 1 aliphatic rings. The van der Waals surface area contributed by atoms with E-state index in [0.717, 1.165) is 5.56 Å². The van der Waals surface area contributed by atoms with E-state index in [-0.39, 0.29) is 42.6 Å². The lowest BCUT2D eigenvalue weighted by Gasteiger charge is -2.34. The summed E-state index contributed by atoms with van der Waals surface area (Å²) in [6.07, 6.45) is 0.224. The van der Waals surface area contributed by atoms with E-state index in [9.17, 15) is 18.0 Å². The monoisotopic (exact) mass is 382 g/mol. The number of rotatable bonds is 7. The van der Waals surface area contributed by atoms with Crippen LogP contribution in [0.1, 0.15) is 18.4 Å². The summed E-state index contributed by atoms with van der Waals surface area (Å²) < 4.78 is 26.7. The van der Waals surface area contributed by atoms with Crippen molar-refractivity contribution in [2.45, 2.75) is 24.7 Å². The van der Waals surface area contributed by atoms with E-state index in [1.54, 1.807) is 29.2 Å². The highest BCUT2D eigenvalue weighted by molar-refractivity contribution is 7.89. The molecule has 1 heterocycles. The second-order valence-electron chi connectivity index (χ2n) is 6.24. The molecule has 1 aromatic carbocycles. The number of piperazine rings is 1.